The van der Waals surface area contributed by atoms with Crippen LogP contribution in [-0.4, -0.2) is 12.6 Å². The number of carbonyl (C=O) groups is 1. The van der Waals surface area contributed by atoms with Gasteiger partial charge in [0.25, 0.3) is 0 Å². The van der Waals surface area contributed by atoms with Crippen LogP contribution in [0.25, 0.3) is 0 Å². The van der Waals surface area contributed by atoms with Crippen molar-refractivity contribution in [3.05, 3.63) is 35.6 Å². The molecular weight excluding hydrogens is 209 g/mol. The van der Waals surface area contributed by atoms with Gasteiger partial charge in [0.05, 0.1) is 6.61 Å². The highest BCUT2D eigenvalue weighted by Gasteiger charge is 2.42. The Balaban J connectivity index is 2.94. The summed E-state index contributed by atoms with van der Waals surface area (Å²) < 4.78 is 43.2. The largest absolute Gasteiger partial charge is 0.461 e. The fraction of sp³-hybridized carbons (Fsp3) is 0.300. The van der Waals surface area contributed by atoms with E-state index in [9.17, 15) is 18.0 Å². The van der Waals surface area contributed by atoms with Crippen LogP contribution in [0, 0.1) is 5.82 Å². The van der Waals surface area contributed by atoms with Gasteiger partial charge in [-0.25, -0.2) is 9.18 Å². The van der Waals surface area contributed by atoms with Crippen LogP contribution >= 0.6 is 0 Å². The first-order valence-corrected chi connectivity index (χ1v) is 4.29. The molecule has 0 saturated heterocycles. The summed E-state index contributed by atoms with van der Waals surface area (Å²) in [4.78, 5) is 10.9. The molecule has 0 atom stereocenters. The van der Waals surface area contributed by atoms with E-state index in [1.165, 1.54) is 6.92 Å². The molecule has 2 nitrogen and oxygen atoms in total. The molecule has 0 aliphatic rings. The van der Waals surface area contributed by atoms with Gasteiger partial charge in [-0.1, -0.05) is 0 Å². The summed E-state index contributed by atoms with van der Waals surface area (Å²) in [5.74, 6) is -6.00. The molecule has 0 radical (unpaired) electrons. The molecular formula is C10H9F3O2. The Kier molecular flexibility index (Phi) is 3.34. The first kappa shape index (κ1) is 11.6. The minimum atomic E-state index is -3.73. The van der Waals surface area contributed by atoms with E-state index in [0.717, 1.165) is 24.3 Å². The lowest BCUT2D eigenvalue weighted by Crippen LogP contribution is -2.28. The number of alkyl halides is 2. The molecule has 5 heteroatoms. The second kappa shape index (κ2) is 4.33. The molecule has 0 fully saturated rings. The fourth-order valence-corrected chi connectivity index (χ4v) is 0.999. The Morgan fingerprint density at radius 1 is 1.33 bits per heavy atom. The third kappa shape index (κ3) is 2.49. The normalized spacial score (nSPS) is 11.2. The standard InChI is InChI=1S/C10H9F3O2/c1-2-15-9(14)10(12,13)7-3-5-8(11)6-4-7/h3-6H,2H2,1H3. The van der Waals surface area contributed by atoms with E-state index in [4.69, 9.17) is 0 Å². The number of ether oxygens (including phenoxy) is 1. The summed E-state index contributed by atoms with van der Waals surface area (Å²) in [6.45, 7) is 1.30. The zero-order valence-corrected chi connectivity index (χ0v) is 7.97. The molecule has 1 aromatic rings. The summed E-state index contributed by atoms with van der Waals surface area (Å²) in [7, 11) is 0. The highest BCUT2D eigenvalue weighted by atomic mass is 19.3. The maximum absolute atomic E-state index is 13.3. The number of carbonyl (C=O) groups excluding carboxylic acids is 1. The lowest BCUT2D eigenvalue weighted by molar-refractivity contribution is -0.173. The SMILES string of the molecule is CCOC(=O)C(F)(F)c1ccc(F)cc1. The van der Waals surface area contributed by atoms with Gasteiger partial charge in [0, 0.05) is 5.56 Å². The van der Waals surface area contributed by atoms with Crippen molar-refractivity contribution in [3.63, 3.8) is 0 Å². The van der Waals surface area contributed by atoms with Crippen LogP contribution in [0.5, 0.6) is 0 Å². The van der Waals surface area contributed by atoms with Crippen molar-refractivity contribution in [2.24, 2.45) is 0 Å². The maximum Gasteiger partial charge on any atom is 0.381 e. The lowest BCUT2D eigenvalue weighted by Gasteiger charge is -2.14. The van der Waals surface area contributed by atoms with Crippen molar-refractivity contribution in [1.29, 1.82) is 0 Å². The first-order valence-electron chi connectivity index (χ1n) is 4.29. The minimum absolute atomic E-state index is 0.129. The van der Waals surface area contributed by atoms with Crippen LogP contribution in [0.4, 0.5) is 13.2 Å². The van der Waals surface area contributed by atoms with Crippen molar-refractivity contribution >= 4 is 5.97 Å². The van der Waals surface area contributed by atoms with E-state index in [2.05, 4.69) is 4.74 Å². The lowest BCUT2D eigenvalue weighted by atomic mass is 10.1. The second-order valence-electron chi connectivity index (χ2n) is 2.80. The predicted molar refractivity (Wildman–Crippen MR) is 46.9 cm³/mol. The van der Waals surface area contributed by atoms with Crippen LogP contribution in [0.2, 0.25) is 0 Å². The molecule has 15 heavy (non-hydrogen) atoms. The van der Waals surface area contributed by atoms with Crippen molar-refractivity contribution in [2.75, 3.05) is 6.61 Å². The van der Waals surface area contributed by atoms with E-state index in [-0.39, 0.29) is 6.61 Å². The van der Waals surface area contributed by atoms with Gasteiger partial charge in [-0.15, -0.1) is 0 Å². The summed E-state index contributed by atoms with van der Waals surface area (Å²) >= 11 is 0. The maximum atomic E-state index is 13.3. The van der Waals surface area contributed by atoms with Gasteiger partial charge in [-0.05, 0) is 31.2 Å². The van der Waals surface area contributed by atoms with Gasteiger partial charge in [0.15, 0.2) is 0 Å². The first-order chi connectivity index (χ1) is 6.98. The van der Waals surface area contributed by atoms with Crippen LogP contribution in [0.15, 0.2) is 24.3 Å². The number of hydrogen-bond donors (Lipinski definition) is 0. The van der Waals surface area contributed by atoms with E-state index in [1.54, 1.807) is 0 Å². The summed E-state index contributed by atoms with van der Waals surface area (Å²) in [5.41, 5.74) is -0.581. The molecule has 82 valence electrons. The molecule has 0 bridgehead atoms. The molecule has 1 aromatic carbocycles. The van der Waals surface area contributed by atoms with Crippen molar-refractivity contribution in [1.82, 2.24) is 0 Å². The number of halogens is 3. The quantitative estimate of drug-likeness (QED) is 0.728. The van der Waals surface area contributed by atoms with Gasteiger partial charge in [-0.2, -0.15) is 8.78 Å². The van der Waals surface area contributed by atoms with Gasteiger partial charge in [0.1, 0.15) is 5.82 Å². The Hall–Kier alpha value is -1.52. The van der Waals surface area contributed by atoms with Gasteiger partial charge < -0.3 is 4.74 Å². The topological polar surface area (TPSA) is 26.3 Å². The molecule has 0 aliphatic heterocycles. The smallest absolute Gasteiger partial charge is 0.381 e. The van der Waals surface area contributed by atoms with Gasteiger partial charge in [-0.3, -0.25) is 0 Å². The Morgan fingerprint density at radius 3 is 2.33 bits per heavy atom. The average molecular weight is 218 g/mol. The molecule has 0 heterocycles. The Morgan fingerprint density at radius 2 is 1.87 bits per heavy atom. The van der Waals surface area contributed by atoms with Gasteiger partial charge in [0.2, 0.25) is 0 Å². The van der Waals surface area contributed by atoms with E-state index in [0.29, 0.717) is 0 Å². The summed E-state index contributed by atoms with van der Waals surface area (Å²) in [6.07, 6.45) is 0. The molecule has 0 spiro atoms. The molecule has 0 aliphatic carbocycles. The Labute approximate surface area is 84.7 Å². The zero-order valence-electron chi connectivity index (χ0n) is 7.97. The zero-order chi connectivity index (χ0) is 11.5. The van der Waals surface area contributed by atoms with Crippen LogP contribution in [0.3, 0.4) is 0 Å². The number of esters is 1. The number of hydrogen-bond acceptors (Lipinski definition) is 2. The molecule has 0 unspecified atom stereocenters. The fourth-order valence-electron chi connectivity index (χ4n) is 0.999. The van der Waals surface area contributed by atoms with Gasteiger partial charge >= 0.3 is 11.9 Å². The van der Waals surface area contributed by atoms with Crippen molar-refractivity contribution in [2.45, 2.75) is 12.8 Å². The number of benzene rings is 1. The van der Waals surface area contributed by atoms with Crippen molar-refractivity contribution in [3.8, 4) is 0 Å². The van der Waals surface area contributed by atoms with E-state index >= 15 is 0 Å². The molecule has 0 N–H and O–H groups in total. The average Bonchev–Trinajstić information content (AvgIpc) is 2.18. The third-order valence-electron chi connectivity index (χ3n) is 1.74. The van der Waals surface area contributed by atoms with Crippen molar-refractivity contribution < 1.29 is 22.7 Å². The van der Waals surface area contributed by atoms with Crippen LogP contribution < -0.4 is 0 Å². The Bertz CT molecular complexity index is 346. The monoisotopic (exact) mass is 218 g/mol. The molecule has 0 aromatic heterocycles. The third-order valence-corrected chi connectivity index (χ3v) is 1.74. The molecule has 1 rings (SSSR count). The highest BCUT2D eigenvalue weighted by molar-refractivity contribution is 5.79. The van der Waals surface area contributed by atoms with E-state index < -0.39 is 23.3 Å². The van der Waals surface area contributed by atoms with Crippen LogP contribution in [0.1, 0.15) is 12.5 Å². The van der Waals surface area contributed by atoms with Crippen LogP contribution in [-0.2, 0) is 15.5 Å². The minimum Gasteiger partial charge on any atom is -0.461 e. The molecule has 0 amide bonds. The summed E-state index contributed by atoms with van der Waals surface area (Å²) in [6, 6.07) is 3.43. The molecule has 0 saturated carbocycles. The summed E-state index contributed by atoms with van der Waals surface area (Å²) in [5, 5.41) is 0. The predicted octanol–water partition coefficient (Wildman–Crippen LogP) is 2.48. The van der Waals surface area contributed by atoms with E-state index in [1.807, 2.05) is 0 Å². The highest BCUT2D eigenvalue weighted by Crippen LogP contribution is 2.29. The number of rotatable bonds is 3. The second-order valence-corrected chi connectivity index (χ2v) is 2.80.